The van der Waals surface area contributed by atoms with Crippen LogP contribution in [0.1, 0.15) is 12.8 Å². The van der Waals surface area contributed by atoms with E-state index in [1.165, 1.54) is 14.4 Å². The van der Waals surface area contributed by atoms with Crippen molar-refractivity contribution in [2.75, 3.05) is 0 Å². The van der Waals surface area contributed by atoms with Gasteiger partial charge in [0.05, 0.1) is 1.59 Å². The standard InChI is InChI=1S/C4H4I2/c5-4(6)3-1-2-3/h1-2H2. The molecule has 0 spiro atoms. The zero-order valence-corrected chi connectivity index (χ0v) is 7.49. The van der Waals surface area contributed by atoms with E-state index in [4.69, 9.17) is 0 Å². The summed E-state index contributed by atoms with van der Waals surface area (Å²) >= 11 is 4.72. The van der Waals surface area contributed by atoms with Crippen LogP contribution in [-0.4, -0.2) is 0 Å². The van der Waals surface area contributed by atoms with Gasteiger partial charge in [0.2, 0.25) is 0 Å². The average Bonchev–Trinajstić information content (AvgIpc) is 2.06. The van der Waals surface area contributed by atoms with Crippen molar-refractivity contribution in [1.29, 1.82) is 0 Å². The Kier molecular flexibility index (Phi) is 1.76. The van der Waals surface area contributed by atoms with Gasteiger partial charge in [0.25, 0.3) is 0 Å². The fraction of sp³-hybridized carbons (Fsp3) is 0.500. The van der Waals surface area contributed by atoms with E-state index in [9.17, 15) is 0 Å². The van der Waals surface area contributed by atoms with E-state index in [1.54, 1.807) is 5.57 Å². The highest BCUT2D eigenvalue weighted by atomic mass is 127. The molecule has 0 aromatic heterocycles. The van der Waals surface area contributed by atoms with Gasteiger partial charge in [-0.3, -0.25) is 0 Å². The van der Waals surface area contributed by atoms with Crippen LogP contribution in [0.25, 0.3) is 0 Å². The van der Waals surface area contributed by atoms with E-state index >= 15 is 0 Å². The maximum atomic E-state index is 2.36. The molecule has 0 radical (unpaired) electrons. The van der Waals surface area contributed by atoms with Crippen molar-refractivity contribution in [1.82, 2.24) is 0 Å². The molecule has 0 saturated heterocycles. The Morgan fingerprint density at radius 2 is 1.83 bits per heavy atom. The number of hydrogen-bond donors (Lipinski definition) is 0. The van der Waals surface area contributed by atoms with Crippen LogP contribution >= 0.6 is 45.2 Å². The van der Waals surface area contributed by atoms with Gasteiger partial charge in [-0.1, -0.05) is 5.57 Å². The summed E-state index contributed by atoms with van der Waals surface area (Å²) in [6.45, 7) is 0. The van der Waals surface area contributed by atoms with Crippen LogP contribution in [0.2, 0.25) is 0 Å². The van der Waals surface area contributed by atoms with Crippen LogP contribution in [0.3, 0.4) is 0 Å². The summed E-state index contributed by atoms with van der Waals surface area (Å²) in [6.07, 6.45) is 2.72. The lowest BCUT2D eigenvalue weighted by molar-refractivity contribution is 1.50. The van der Waals surface area contributed by atoms with Crippen molar-refractivity contribution in [3.05, 3.63) is 7.16 Å². The Balaban J connectivity index is 2.61. The third-order valence-electron chi connectivity index (χ3n) is 0.767. The predicted molar refractivity (Wildman–Crippen MR) is 44.3 cm³/mol. The summed E-state index contributed by atoms with van der Waals surface area (Å²) < 4.78 is 1.48. The van der Waals surface area contributed by atoms with E-state index in [0.29, 0.717) is 0 Å². The molecule has 0 atom stereocenters. The molecule has 0 N–H and O–H groups in total. The maximum absolute atomic E-state index is 2.36. The summed E-state index contributed by atoms with van der Waals surface area (Å²) in [5.41, 5.74) is 1.65. The summed E-state index contributed by atoms with van der Waals surface area (Å²) in [6, 6.07) is 0. The lowest BCUT2D eigenvalue weighted by Gasteiger charge is -1.70. The summed E-state index contributed by atoms with van der Waals surface area (Å²) in [4.78, 5) is 0. The van der Waals surface area contributed by atoms with E-state index in [-0.39, 0.29) is 0 Å². The van der Waals surface area contributed by atoms with E-state index in [1.807, 2.05) is 0 Å². The fourth-order valence-corrected chi connectivity index (χ4v) is 1.33. The maximum Gasteiger partial charge on any atom is 0.0506 e. The van der Waals surface area contributed by atoms with Gasteiger partial charge in [-0.25, -0.2) is 0 Å². The van der Waals surface area contributed by atoms with E-state index in [2.05, 4.69) is 45.2 Å². The van der Waals surface area contributed by atoms with Crippen molar-refractivity contribution < 1.29 is 0 Å². The lowest BCUT2D eigenvalue weighted by Crippen LogP contribution is -1.39. The molecule has 0 aliphatic heterocycles. The molecule has 1 rings (SSSR count). The zero-order chi connectivity index (χ0) is 4.57. The van der Waals surface area contributed by atoms with Gasteiger partial charge >= 0.3 is 0 Å². The van der Waals surface area contributed by atoms with E-state index in [0.717, 1.165) is 0 Å². The summed E-state index contributed by atoms with van der Waals surface area (Å²) in [7, 11) is 0. The van der Waals surface area contributed by atoms with Crippen molar-refractivity contribution in [2.24, 2.45) is 0 Å². The molecule has 0 unspecified atom stereocenters. The first-order valence-corrected chi connectivity index (χ1v) is 3.99. The predicted octanol–water partition coefficient (Wildman–Crippen LogP) is 2.86. The molecule has 0 amide bonds. The van der Waals surface area contributed by atoms with Crippen LogP contribution in [0.4, 0.5) is 0 Å². The molecule has 0 aromatic rings. The number of halogens is 2. The van der Waals surface area contributed by atoms with Crippen LogP contribution in [0, 0.1) is 0 Å². The van der Waals surface area contributed by atoms with Gasteiger partial charge in [-0.2, -0.15) is 0 Å². The first kappa shape index (κ1) is 5.34. The largest absolute Gasteiger partial charge is 0.0506 e. The molecule has 1 saturated carbocycles. The number of hydrogen-bond acceptors (Lipinski definition) is 0. The third-order valence-corrected chi connectivity index (χ3v) is 2.29. The van der Waals surface area contributed by atoms with Gasteiger partial charge in [0.1, 0.15) is 0 Å². The second-order valence-electron chi connectivity index (χ2n) is 1.36. The fourth-order valence-electron chi connectivity index (χ4n) is 0.251. The van der Waals surface area contributed by atoms with Gasteiger partial charge in [0.15, 0.2) is 0 Å². The lowest BCUT2D eigenvalue weighted by atomic mass is 10.7. The highest BCUT2D eigenvalue weighted by molar-refractivity contribution is 14.2. The van der Waals surface area contributed by atoms with Crippen molar-refractivity contribution in [3.8, 4) is 0 Å². The van der Waals surface area contributed by atoms with Gasteiger partial charge in [-0.05, 0) is 58.0 Å². The van der Waals surface area contributed by atoms with Crippen LogP contribution in [0.15, 0.2) is 7.16 Å². The Morgan fingerprint density at radius 1 is 1.33 bits per heavy atom. The van der Waals surface area contributed by atoms with E-state index < -0.39 is 0 Å². The monoisotopic (exact) mass is 306 g/mol. The molecule has 0 bridgehead atoms. The molecule has 0 aromatic carbocycles. The Labute approximate surface area is 64.7 Å². The topological polar surface area (TPSA) is 0 Å². The molecular weight excluding hydrogens is 302 g/mol. The Hall–Kier alpha value is 1.20. The highest BCUT2D eigenvalue weighted by Crippen LogP contribution is 2.37. The minimum absolute atomic E-state index is 1.36. The van der Waals surface area contributed by atoms with Gasteiger partial charge in [-0.15, -0.1) is 0 Å². The smallest absolute Gasteiger partial charge is 0.0501 e. The normalized spacial score (nSPS) is 18.0. The highest BCUT2D eigenvalue weighted by Gasteiger charge is 2.13. The zero-order valence-electron chi connectivity index (χ0n) is 3.17. The number of allylic oxidation sites excluding steroid dienone is 1. The quantitative estimate of drug-likeness (QED) is 0.604. The summed E-state index contributed by atoms with van der Waals surface area (Å²) in [5.74, 6) is 0. The second kappa shape index (κ2) is 1.98. The molecule has 1 aliphatic rings. The third kappa shape index (κ3) is 1.36. The first-order valence-electron chi connectivity index (χ1n) is 1.84. The van der Waals surface area contributed by atoms with Gasteiger partial charge < -0.3 is 0 Å². The molecule has 2 heteroatoms. The molecule has 1 fully saturated rings. The molecule has 34 valence electrons. The van der Waals surface area contributed by atoms with Crippen molar-refractivity contribution in [2.45, 2.75) is 12.8 Å². The minimum atomic E-state index is 1.36. The summed E-state index contributed by atoms with van der Waals surface area (Å²) in [5, 5.41) is 0. The number of rotatable bonds is 0. The Morgan fingerprint density at radius 3 is 1.83 bits per heavy atom. The molecule has 1 aliphatic carbocycles. The van der Waals surface area contributed by atoms with Crippen LogP contribution in [-0.2, 0) is 0 Å². The molecule has 0 nitrogen and oxygen atoms in total. The average molecular weight is 306 g/mol. The van der Waals surface area contributed by atoms with Crippen molar-refractivity contribution in [3.63, 3.8) is 0 Å². The Bertz CT molecular complexity index is 83.7. The van der Waals surface area contributed by atoms with Crippen molar-refractivity contribution >= 4 is 45.2 Å². The first-order chi connectivity index (χ1) is 2.80. The van der Waals surface area contributed by atoms with Crippen LogP contribution < -0.4 is 0 Å². The molecule has 0 heterocycles. The molecular formula is C4H4I2. The SMILES string of the molecule is IC(I)=C1CC1. The molecule has 6 heavy (non-hydrogen) atoms. The second-order valence-corrected chi connectivity index (χ2v) is 5.59. The minimum Gasteiger partial charge on any atom is -0.0501 e. The van der Waals surface area contributed by atoms with Gasteiger partial charge in [0, 0.05) is 0 Å². The van der Waals surface area contributed by atoms with Crippen LogP contribution in [0.5, 0.6) is 0 Å².